The summed E-state index contributed by atoms with van der Waals surface area (Å²) in [5, 5.41) is 13.0. The molecule has 2 rings (SSSR count). The standard InChI is InChI=1S/C11H20N2O2/c1-11(15)4-7-13(8-5-11)10(14)9-3-2-6-12-9/h9,12,15H,2-8H2,1H3/t9-/m1/s1. The minimum atomic E-state index is -0.570. The number of likely N-dealkylation sites (tertiary alicyclic amines) is 1. The molecule has 0 aromatic rings. The highest BCUT2D eigenvalue weighted by molar-refractivity contribution is 5.82. The zero-order valence-corrected chi connectivity index (χ0v) is 9.33. The lowest BCUT2D eigenvalue weighted by atomic mass is 9.93. The van der Waals surface area contributed by atoms with E-state index in [0.29, 0.717) is 25.9 Å². The summed E-state index contributed by atoms with van der Waals surface area (Å²) < 4.78 is 0. The van der Waals surface area contributed by atoms with Gasteiger partial charge in [-0.2, -0.15) is 0 Å². The van der Waals surface area contributed by atoms with Crippen molar-refractivity contribution in [1.29, 1.82) is 0 Å². The lowest BCUT2D eigenvalue weighted by Crippen LogP contribution is -2.50. The van der Waals surface area contributed by atoms with Crippen LogP contribution in [0.15, 0.2) is 0 Å². The molecule has 0 unspecified atom stereocenters. The molecule has 0 aromatic heterocycles. The van der Waals surface area contributed by atoms with Crippen LogP contribution in [-0.2, 0) is 4.79 Å². The first-order valence-corrected chi connectivity index (χ1v) is 5.83. The van der Waals surface area contributed by atoms with Crippen LogP contribution < -0.4 is 5.32 Å². The fourth-order valence-corrected chi connectivity index (χ4v) is 2.32. The number of carbonyl (C=O) groups is 1. The van der Waals surface area contributed by atoms with Crippen molar-refractivity contribution in [1.82, 2.24) is 10.2 Å². The molecule has 86 valence electrons. The maximum atomic E-state index is 12.0. The third kappa shape index (κ3) is 2.49. The fourth-order valence-electron chi connectivity index (χ4n) is 2.32. The number of amides is 1. The third-order valence-corrected chi connectivity index (χ3v) is 3.51. The van der Waals surface area contributed by atoms with E-state index in [1.165, 1.54) is 0 Å². The minimum Gasteiger partial charge on any atom is -0.390 e. The van der Waals surface area contributed by atoms with Gasteiger partial charge in [-0.25, -0.2) is 0 Å². The Labute approximate surface area is 90.6 Å². The molecule has 0 radical (unpaired) electrons. The SMILES string of the molecule is CC1(O)CCN(C(=O)[C@H]2CCCN2)CC1. The Bertz CT molecular complexity index is 237. The number of piperidine rings is 1. The van der Waals surface area contributed by atoms with Gasteiger partial charge >= 0.3 is 0 Å². The van der Waals surface area contributed by atoms with E-state index in [1.807, 2.05) is 11.8 Å². The van der Waals surface area contributed by atoms with Gasteiger partial charge in [-0.1, -0.05) is 0 Å². The number of nitrogens with zero attached hydrogens (tertiary/aromatic N) is 1. The maximum absolute atomic E-state index is 12.0. The van der Waals surface area contributed by atoms with Crippen LogP contribution in [0.2, 0.25) is 0 Å². The highest BCUT2D eigenvalue weighted by Gasteiger charge is 2.33. The Kier molecular flexibility index (Phi) is 2.98. The molecular weight excluding hydrogens is 192 g/mol. The van der Waals surface area contributed by atoms with Crippen LogP contribution >= 0.6 is 0 Å². The molecule has 2 aliphatic heterocycles. The van der Waals surface area contributed by atoms with Crippen molar-refractivity contribution < 1.29 is 9.90 Å². The molecule has 0 aliphatic carbocycles. The molecule has 0 aromatic carbocycles. The van der Waals surface area contributed by atoms with E-state index in [4.69, 9.17) is 0 Å². The second-order valence-electron chi connectivity index (χ2n) is 4.97. The van der Waals surface area contributed by atoms with Crippen LogP contribution in [0.1, 0.15) is 32.6 Å². The largest absolute Gasteiger partial charge is 0.390 e. The van der Waals surface area contributed by atoms with Gasteiger partial charge in [0.05, 0.1) is 11.6 Å². The highest BCUT2D eigenvalue weighted by atomic mass is 16.3. The zero-order valence-electron chi connectivity index (χ0n) is 9.33. The molecule has 2 N–H and O–H groups in total. The van der Waals surface area contributed by atoms with E-state index in [1.54, 1.807) is 0 Å². The predicted molar refractivity (Wildman–Crippen MR) is 57.5 cm³/mol. The molecule has 2 heterocycles. The summed E-state index contributed by atoms with van der Waals surface area (Å²) in [5.41, 5.74) is -0.570. The number of carbonyl (C=O) groups excluding carboxylic acids is 1. The molecule has 2 fully saturated rings. The number of nitrogens with one attached hydrogen (secondary N) is 1. The third-order valence-electron chi connectivity index (χ3n) is 3.51. The molecule has 0 saturated carbocycles. The van der Waals surface area contributed by atoms with Crippen LogP contribution in [0.4, 0.5) is 0 Å². The lowest BCUT2D eigenvalue weighted by Gasteiger charge is -2.36. The van der Waals surface area contributed by atoms with E-state index in [-0.39, 0.29) is 11.9 Å². The highest BCUT2D eigenvalue weighted by Crippen LogP contribution is 2.22. The van der Waals surface area contributed by atoms with Gasteiger partial charge in [0.15, 0.2) is 0 Å². The summed E-state index contributed by atoms with van der Waals surface area (Å²) in [5.74, 6) is 0.225. The smallest absolute Gasteiger partial charge is 0.239 e. The molecule has 2 saturated heterocycles. The molecular formula is C11H20N2O2. The Morgan fingerprint density at radius 3 is 2.67 bits per heavy atom. The Balaban J connectivity index is 1.87. The van der Waals surface area contributed by atoms with Gasteiger partial charge in [0.1, 0.15) is 0 Å². The van der Waals surface area contributed by atoms with Gasteiger partial charge in [0.2, 0.25) is 5.91 Å². The average Bonchev–Trinajstić information content (AvgIpc) is 2.69. The fraction of sp³-hybridized carbons (Fsp3) is 0.909. The van der Waals surface area contributed by atoms with Crippen LogP contribution in [0, 0.1) is 0 Å². The summed E-state index contributed by atoms with van der Waals surface area (Å²) in [6.07, 6.45) is 3.46. The molecule has 15 heavy (non-hydrogen) atoms. The first-order chi connectivity index (χ1) is 7.08. The van der Waals surface area contributed by atoms with Crippen molar-refractivity contribution in [3.63, 3.8) is 0 Å². The van der Waals surface area contributed by atoms with Crippen LogP contribution in [0.25, 0.3) is 0 Å². The molecule has 2 aliphatic rings. The molecule has 1 atom stereocenters. The Morgan fingerprint density at radius 1 is 1.47 bits per heavy atom. The number of hydrogen-bond donors (Lipinski definition) is 2. The van der Waals surface area contributed by atoms with Crippen molar-refractivity contribution in [2.75, 3.05) is 19.6 Å². The lowest BCUT2D eigenvalue weighted by molar-refractivity contribution is -0.136. The van der Waals surface area contributed by atoms with Gasteiger partial charge in [0, 0.05) is 13.1 Å². The second kappa shape index (κ2) is 4.10. The maximum Gasteiger partial charge on any atom is 0.239 e. The molecule has 1 amide bonds. The number of hydrogen-bond acceptors (Lipinski definition) is 3. The van der Waals surface area contributed by atoms with E-state index >= 15 is 0 Å². The minimum absolute atomic E-state index is 0.0352. The van der Waals surface area contributed by atoms with E-state index in [2.05, 4.69) is 5.32 Å². The van der Waals surface area contributed by atoms with Gasteiger partial charge in [-0.05, 0) is 39.2 Å². The van der Waals surface area contributed by atoms with E-state index in [9.17, 15) is 9.90 Å². The van der Waals surface area contributed by atoms with Crippen molar-refractivity contribution >= 4 is 5.91 Å². The van der Waals surface area contributed by atoms with Gasteiger partial charge in [-0.3, -0.25) is 4.79 Å². The van der Waals surface area contributed by atoms with Crippen LogP contribution in [-0.4, -0.2) is 47.2 Å². The van der Waals surface area contributed by atoms with Gasteiger partial charge in [0.25, 0.3) is 0 Å². The van der Waals surface area contributed by atoms with Crippen LogP contribution in [0.5, 0.6) is 0 Å². The zero-order chi connectivity index (χ0) is 10.9. The van der Waals surface area contributed by atoms with Crippen molar-refractivity contribution in [3.8, 4) is 0 Å². The quantitative estimate of drug-likeness (QED) is 0.649. The van der Waals surface area contributed by atoms with E-state index < -0.39 is 5.60 Å². The molecule has 0 bridgehead atoms. The first-order valence-electron chi connectivity index (χ1n) is 5.83. The first kappa shape index (κ1) is 10.9. The summed E-state index contributed by atoms with van der Waals surface area (Å²) >= 11 is 0. The summed E-state index contributed by atoms with van der Waals surface area (Å²) in [7, 11) is 0. The summed E-state index contributed by atoms with van der Waals surface area (Å²) in [4.78, 5) is 13.9. The number of aliphatic hydroxyl groups is 1. The molecule has 0 spiro atoms. The summed E-state index contributed by atoms with van der Waals surface area (Å²) in [6, 6.07) is 0.0352. The normalized spacial score (nSPS) is 30.5. The number of rotatable bonds is 1. The monoisotopic (exact) mass is 212 g/mol. The van der Waals surface area contributed by atoms with Crippen molar-refractivity contribution in [3.05, 3.63) is 0 Å². The predicted octanol–water partition coefficient (Wildman–Crippen LogP) is 0.112. The molecule has 4 nitrogen and oxygen atoms in total. The van der Waals surface area contributed by atoms with Crippen molar-refractivity contribution in [2.24, 2.45) is 0 Å². The topological polar surface area (TPSA) is 52.6 Å². The van der Waals surface area contributed by atoms with Crippen molar-refractivity contribution in [2.45, 2.75) is 44.2 Å². The van der Waals surface area contributed by atoms with Gasteiger partial charge in [-0.15, -0.1) is 0 Å². The Hall–Kier alpha value is -0.610. The van der Waals surface area contributed by atoms with E-state index in [0.717, 1.165) is 19.4 Å². The van der Waals surface area contributed by atoms with Crippen LogP contribution in [0.3, 0.4) is 0 Å². The Morgan fingerprint density at radius 2 is 2.13 bits per heavy atom. The summed E-state index contributed by atoms with van der Waals surface area (Å²) in [6.45, 7) is 4.21. The average molecular weight is 212 g/mol. The molecule has 4 heteroatoms. The van der Waals surface area contributed by atoms with Gasteiger partial charge < -0.3 is 15.3 Å². The second-order valence-corrected chi connectivity index (χ2v) is 4.97.